The third-order valence-electron chi connectivity index (χ3n) is 2.64. The molecule has 0 aliphatic rings. The molecule has 0 N–H and O–H groups in total. The van der Waals surface area contributed by atoms with Crippen molar-refractivity contribution in [2.75, 3.05) is 7.11 Å². The average molecular weight is 204 g/mol. The minimum Gasteiger partial charge on any atom is -0.496 e. The smallest absolute Gasteiger partial charge is 0.124 e. The van der Waals surface area contributed by atoms with Crippen molar-refractivity contribution in [1.82, 2.24) is 0 Å². The quantitative estimate of drug-likeness (QED) is 0.680. The summed E-state index contributed by atoms with van der Waals surface area (Å²) < 4.78 is 5.44. The van der Waals surface area contributed by atoms with E-state index in [1.165, 1.54) is 16.7 Å². The summed E-state index contributed by atoms with van der Waals surface area (Å²) in [5.74, 6) is 1.51. The summed E-state index contributed by atoms with van der Waals surface area (Å²) in [6, 6.07) is 4.35. The number of methoxy groups -OCH3 is 1. The first-order valence-electron chi connectivity index (χ1n) is 5.35. The maximum atomic E-state index is 5.44. The third-order valence-corrected chi connectivity index (χ3v) is 2.64. The van der Waals surface area contributed by atoms with Gasteiger partial charge in [0.25, 0.3) is 0 Å². The molecular formula is C14H20O. The normalized spacial score (nSPS) is 12.3. The van der Waals surface area contributed by atoms with E-state index in [1.54, 1.807) is 7.11 Å². The molecule has 1 rings (SSSR count). The van der Waals surface area contributed by atoms with Gasteiger partial charge >= 0.3 is 0 Å². The lowest BCUT2D eigenvalue weighted by Crippen LogP contribution is -2.01. The zero-order chi connectivity index (χ0) is 11.4. The van der Waals surface area contributed by atoms with Crippen molar-refractivity contribution in [3.05, 3.63) is 41.5 Å². The Kier molecular flexibility index (Phi) is 3.96. The Morgan fingerprint density at radius 3 is 2.60 bits per heavy atom. The van der Waals surface area contributed by atoms with E-state index < -0.39 is 0 Å². The number of hydrogen-bond acceptors (Lipinski definition) is 1. The van der Waals surface area contributed by atoms with Gasteiger partial charge in [-0.1, -0.05) is 30.7 Å². The van der Waals surface area contributed by atoms with E-state index in [0.29, 0.717) is 5.92 Å². The zero-order valence-corrected chi connectivity index (χ0v) is 10.1. The molecule has 1 unspecified atom stereocenters. The number of rotatable bonds is 4. The van der Waals surface area contributed by atoms with Crippen molar-refractivity contribution in [1.29, 1.82) is 0 Å². The van der Waals surface area contributed by atoms with E-state index in [1.807, 2.05) is 6.08 Å². The van der Waals surface area contributed by atoms with Gasteiger partial charge in [-0.05, 0) is 37.3 Å². The summed E-state index contributed by atoms with van der Waals surface area (Å²) in [7, 11) is 1.74. The maximum absolute atomic E-state index is 5.44. The second-order valence-corrected chi connectivity index (χ2v) is 4.19. The van der Waals surface area contributed by atoms with E-state index >= 15 is 0 Å². The molecule has 82 valence electrons. The Hall–Kier alpha value is -1.24. The molecule has 0 heterocycles. The first-order chi connectivity index (χ1) is 7.08. The first kappa shape index (κ1) is 11.8. The molecule has 0 radical (unpaired) electrons. The van der Waals surface area contributed by atoms with Gasteiger partial charge in [-0.2, -0.15) is 0 Å². The van der Waals surface area contributed by atoms with Gasteiger partial charge in [-0.3, -0.25) is 0 Å². The molecule has 0 amide bonds. The predicted octanol–water partition coefficient (Wildman–Crippen LogP) is 3.68. The minimum atomic E-state index is 0.486. The Balaban J connectivity index is 3.08. The van der Waals surface area contributed by atoms with Crippen LogP contribution in [-0.2, 0) is 6.42 Å². The van der Waals surface area contributed by atoms with Crippen LogP contribution in [0.25, 0.3) is 0 Å². The molecule has 0 spiro atoms. The highest BCUT2D eigenvalue weighted by molar-refractivity contribution is 5.44. The van der Waals surface area contributed by atoms with Crippen LogP contribution in [-0.4, -0.2) is 7.11 Å². The Morgan fingerprint density at radius 2 is 2.07 bits per heavy atom. The predicted molar refractivity (Wildman–Crippen MR) is 65.5 cm³/mol. The van der Waals surface area contributed by atoms with Gasteiger partial charge in [0.1, 0.15) is 5.75 Å². The lowest BCUT2D eigenvalue weighted by Gasteiger charge is -2.14. The number of benzene rings is 1. The highest BCUT2D eigenvalue weighted by Gasteiger charge is 2.09. The number of allylic oxidation sites excluding steroid dienone is 1. The molecule has 1 nitrogen and oxygen atoms in total. The van der Waals surface area contributed by atoms with Gasteiger partial charge in [0.05, 0.1) is 7.11 Å². The van der Waals surface area contributed by atoms with E-state index in [-0.39, 0.29) is 0 Å². The standard InChI is InChI=1S/C14H20O/c1-6-10(2)8-13-9-11(3)7-12(4)14(13)15-5/h6-7,9-10H,1,8H2,2-5H3. The fraction of sp³-hybridized carbons (Fsp3) is 0.429. The molecule has 0 saturated heterocycles. The van der Waals surface area contributed by atoms with Crippen LogP contribution in [0.2, 0.25) is 0 Å². The van der Waals surface area contributed by atoms with Crippen LogP contribution < -0.4 is 4.74 Å². The summed E-state index contributed by atoms with van der Waals surface area (Å²) in [5, 5.41) is 0. The van der Waals surface area contributed by atoms with Crippen molar-refractivity contribution in [2.45, 2.75) is 27.2 Å². The summed E-state index contributed by atoms with van der Waals surface area (Å²) in [6.07, 6.45) is 2.98. The van der Waals surface area contributed by atoms with Crippen LogP contribution in [0, 0.1) is 19.8 Å². The van der Waals surface area contributed by atoms with Crippen molar-refractivity contribution in [2.24, 2.45) is 5.92 Å². The molecule has 1 heteroatoms. The molecule has 0 saturated carbocycles. The Labute approximate surface area is 92.8 Å². The fourth-order valence-electron chi connectivity index (χ4n) is 1.92. The van der Waals surface area contributed by atoms with Crippen LogP contribution in [0.15, 0.2) is 24.8 Å². The number of aryl methyl sites for hydroxylation is 2. The van der Waals surface area contributed by atoms with E-state index in [2.05, 4.69) is 39.5 Å². The summed E-state index contributed by atoms with van der Waals surface area (Å²) in [4.78, 5) is 0. The van der Waals surface area contributed by atoms with Crippen LogP contribution in [0.5, 0.6) is 5.75 Å². The highest BCUT2D eigenvalue weighted by Crippen LogP contribution is 2.27. The summed E-state index contributed by atoms with van der Waals surface area (Å²) in [5.41, 5.74) is 3.78. The van der Waals surface area contributed by atoms with Gasteiger partial charge in [-0.25, -0.2) is 0 Å². The molecule has 1 aromatic rings. The summed E-state index contributed by atoms with van der Waals surface area (Å²) in [6.45, 7) is 10.2. The Morgan fingerprint density at radius 1 is 1.40 bits per heavy atom. The highest BCUT2D eigenvalue weighted by atomic mass is 16.5. The molecule has 0 fully saturated rings. The van der Waals surface area contributed by atoms with Crippen LogP contribution in [0.3, 0.4) is 0 Å². The van der Waals surface area contributed by atoms with Crippen molar-refractivity contribution in [3.63, 3.8) is 0 Å². The molecule has 0 aliphatic heterocycles. The molecular weight excluding hydrogens is 184 g/mol. The maximum Gasteiger partial charge on any atom is 0.124 e. The van der Waals surface area contributed by atoms with Gasteiger partial charge in [-0.15, -0.1) is 6.58 Å². The molecule has 1 atom stereocenters. The second-order valence-electron chi connectivity index (χ2n) is 4.19. The molecule has 0 aliphatic carbocycles. The van der Waals surface area contributed by atoms with Gasteiger partial charge in [0, 0.05) is 0 Å². The van der Waals surface area contributed by atoms with Crippen LogP contribution in [0.1, 0.15) is 23.6 Å². The average Bonchev–Trinajstić information content (AvgIpc) is 2.17. The topological polar surface area (TPSA) is 9.23 Å². The van der Waals surface area contributed by atoms with Gasteiger partial charge in [0.2, 0.25) is 0 Å². The lowest BCUT2D eigenvalue weighted by atomic mass is 9.97. The molecule has 15 heavy (non-hydrogen) atoms. The minimum absolute atomic E-state index is 0.486. The van der Waals surface area contributed by atoms with Crippen LogP contribution >= 0.6 is 0 Å². The first-order valence-corrected chi connectivity index (χ1v) is 5.35. The fourth-order valence-corrected chi connectivity index (χ4v) is 1.92. The summed E-state index contributed by atoms with van der Waals surface area (Å²) >= 11 is 0. The van der Waals surface area contributed by atoms with E-state index in [0.717, 1.165) is 12.2 Å². The van der Waals surface area contributed by atoms with Gasteiger partial charge < -0.3 is 4.74 Å². The zero-order valence-electron chi connectivity index (χ0n) is 10.1. The van der Waals surface area contributed by atoms with Gasteiger partial charge in [0.15, 0.2) is 0 Å². The molecule has 1 aromatic carbocycles. The third kappa shape index (κ3) is 2.85. The molecule has 0 aromatic heterocycles. The van der Waals surface area contributed by atoms with Crippen LogP contribution in [0.4, 0.5) is 0 Å². The monoisotopic (exact) mass is 204 g/mol. The van der Waals surface area contributed by atoms with E-state index in [4.69, 9.17) is 4.74 Å². The lowest BCUT2D eigenvalue weighted by molar-refractivity contribution is 0.404. The largest absolute Gasteiger partial charge is 0.496 e. The number of hydrogen-bond donors (Lipinski definition) is 0. The van der Waals surface area contributed by atoms with Crippen molar-refractivity contribution < 1.29 is 4.74 Å². The van der Waals surface area contributed by atoms with E-state index in [9.17, 15) is 0 Å². The SMILES string of the molecule is C=CC(C)Cc1cc(C)cc(C)c1OC. The van der Waals surface area contributed by atoms with Crippen molar-refractivity contribution >= 4 is 0 Å². The van der Waals surface area contributed by atoms with Crippen molar-refractivity contribution in [3.8, 4) is 5.75 Å². The number of ether oxygens (including phenoxy) is 1. The molecule has 0 bridgehead atoms. The Bertz CT molecular complexity index is 353. The second kappa shape index (κ2) is 5.01.